The summed E-state index contributed by atoms with van der Waals surface area (Å²) >= 11 is 0. The molecular weight excluding hydrogens is 298 g/mol. The number of nitrogens with one attached hydrogen (secondary N) is 1. The molecule has 0 spiro atoms. The Morgan fingerprint density at radius 1 is 1.23 bits per heavy atom. The molecule has 5 nitrogen and oxygen atoms in total. The van der Waals surface area contributed by atoms with Crippen LogP contribution in [-0.2, 0) is 17.1 Å². The standard InChI is InChI=1S/C16H23N3O2S/c1-13-7-5-8-14(11-13)22(20,21)17-12-16(18(2)3)15-9-6-10-19(15)4/h5-11,16-17H,12H2,1-4H3. The van der Waals surface area contributed by atoms with E-state index in [1.54, 1.807) is 18.2 Å². The van der Waals surface area contributed by atoms with Crippen LogP contribution in [0, 0.1) is 6.92 Å². The van der Waals surface area contributed by atoms with Gasteiger partial charge in [0.1, 0.15) is 0 Å². The van der Waals surface area contributed by atoms with Crippen LogP contribution in [0.4, 0.5) is 0 Å². The van der Waals surface area contributed by atoms with Crippen LogP contribution < -0.4 is 4.72 Å². The Labute approximate surface area is 132 Å². The molecule has 0 saturated heterocycles. The van der Waals surface area contributed by atoms with Crippen LogP contribution in [0.2, 0.25) is 0 Å². The lowest BCUT2D eigenvalue weighted by molar-refractivity contribution is 0.289. The van der Waals surface area contributed by atoms with Crippen molar-refractivity contribution in [1.82, 2.24) is 14.2 Å². The minimum atomic E-state index is -3.50. The maximum atomic E-state index is 12.4. The van der Waals surface area contributed by atoms with Crippen molar-refractivity contribution in [3.8, 4) is 0 Å². The van der Waals surface area contributed by atoms with Crippen LogP contribution in [0.15, 0.2) is 47.5 Å². The minimum Gasteiger partial charge on any atom is -0.353 e. The second-order valence-corrected chi connectivity index (χ2v) is 7.46. The van der Waals surface area contributed by atoms with E-state index in [9.17, 15) is 8.42 Å². The number of likely N-dealkylation sites (N-methyl/N-ethyl adjacent to an activating group) is 1. The number of aryl methyl sites for hydroxylation is 2. The number of rotatable bonds is 6. The molecule has 1 aromatic carbocycles. The van der Waals surface area contributed by atoms with Gasteiger partial charge in [-0.25, -0.2) is 13.1 Å². The molecule has 0 aliphatic carbocycles. The average Bonchev–Trinajstić information content (AvgIpc) is 2.85. The molecule has 2 rings (SSSR count). The molecule has 2 aromatic rings. The van der Waals surface area contributed by atoms with Gasteiger partial charge in [-0.2, -0.15) is 0 Å². The maximum absolute atomic E-state index is 12.4. The molecular formula is C16H23N3O2S. The molecule has 1 N–H and O–H groups in total. The monoisotopic (exact) mass is 321 g/mol. The van der Waals surface area contributed by atoms with Crippen molar-refractivity contribution >= 4 is 10.0 Å². The van der Waals surface area contributed by atoms with Gasteiger partial charge in [-0.3, -0.25) is 4.90 Å². The molecule has 22 heavy (non-hydrogen) atoms. The lowest BCUT2D eigenvalue weighted by Gasteiger charge is -2.25. The molecule has 0 fully saturated rings. The zero-order valence-electron chi connectivity index (χ0n) is 13.4. The molecule has 0 radical (unpaired) electrons. The Bertz CT molecular complexity index is 735. The van der Waals surface area contributed by atoms with Crippen LogP contribution in [0.3, 0.4) is 0 Å². The molecule has 0 aliphatic heterocycles. The summed E-state index contributed by atoms with van der Waals surface area (Å²) < 4.78 is 29.6. The number of aromatic nitrogens is 1. The molecule has 0 bridgehead atoms. The number of hydrogen-bond donors (Lipinski definition) is 1. The molecule has 1 atom stereocenters. The predicted octanol–water partition coefficient (Wildman–Crippen LogP) is 1.91. The molecule has 120 valence electrons. The largest absolute Gasteiger partial charge is 0.353 e. The Morgan fingerprint density at radius 2 is 1.95 bits per heavy atom. The summed E-state index contributed by atoms with van der Waals surface area (Å²) in [6.45, 7) is 2.20. The SMILES string of the molecule is Cc1cccc(S(=O)(=O)NCC(c2cccn2C)N(C)C)c1. The van der Waals surface area contributed by atoms with Crippen LogP contribution in [0.1, 0.15) is 17.3 Å². The summed E-state index contributed by atoms with van der Waals surface area (Å²) in [4.78, 5) is 2.31. The molecule has 0 saturated carbocycles. The Kier molecular flexibility index (Phi) is 5.05. The highest BCUT2D eigenvalue weighted by Crippen LogP contribution is 2.18. The fourth-order valence-corrected chi connectivity index (χ4v) is 3.57. The van der Waals surface area contributed by atoms with Crippen LogP contribution in [0.5, 0.6) is 0 Å². The number of hydrogen-bond acceptors (Lipinski definition) is 3. The fourth-order valence-electron chi connectivity index (χ4n) is 2.43. The molecule has 0 aliphatic rings. The van der Waals surface area contributed by atoms with E-state index >= 15 is 0 Å². The Morgan fingerprint density at radius 3 is 2.50 bits per heavy atom. The first-order valence-corrected chi connectivity index (χ1v) is 8.63. The summed E-state index contributed by atoms with van der Waals surface area (Å²) in [7, 11) is 2.34. The summed E-state index contributed by atoms with van der Waals surface area (Å²) in [6, 6.07) is 10.9. The van der Waals surface area contributed by atoms with E-state index in [0.29, 0.717) is 11.4 Å². The van der Waals surface area contributed by atoms with Crippen molar-refractivity contribution in [2.45, 2.75) is 17.9 Å². The minimum absolute atomic E-state index is 0.0282. The van der Waals surface area contributed by atoms with E-state index in [2.05, 4.69) is 4.72 Å². The quantitative estimate of drug-likeness (QED) is 0.884. The van der Waals surface area contributed by atoms with Gasteiger partial charge >= 0.3 is 0 Å². The summed E-state index contributed by atoms with van der Waals surface area (Å²) in [6.07, 6.45) is 1.96. The van der Waals surface area contributed by atoms with Gasteiger partial charge in [0.2, 0.25) is 10.0 Å². The van der Waals surface area contributed by atoms with E-state index in [0.717, 1.165) is 11.3 Å². The lowest BCUT2D eigenvalue weighted by atomic mass is 10.2. The number of benzene rings is 1. The van der Waals surface area contributed by atoms with Crippen molar-refractivity contribution in [1.29, 1.82) is 0 Å². The van der Waals surface area contributed by atoms with Crippen molar-refractivity contribution in [2.24, 2.45) is 7.05 Å². The zero-order valence-corrected chi connectivity index (χ0v) is 14.3. The highest BCUT2D eigenvalue weighted by Gasteiger charge is 2.21. The number of nitrogens with zero attached hydrogens (tertiary/aromatic N) is 2. The van der Waals surface area contributed by atoms with E-state index in [1.165, 1.54) is 0 Å². The highest BCUT2D eigenvalue weighted by molar-refractivity contribution is 7.89. The smallest absolute Gasteiger partial charge is 0.240 e. The molecule has 1 unspecified atom stereocenters. The van der Waals surface area contributed by atoms with Crippen molar-refractivity contribution in [3.05, 3.63) is 53.9 Å². The van der Waals surface area contributed by atoms with Crippen LogP contribution in [0.25, 0.3) is 0 Å². The van der Waals surface area contributed by atoms with Gasteiger partial charge in [-0.15, -0.1) is 0 Å². The average molecular weight is 321 g/mol. The van der Waals surface area contributed by atoms with Crippen LogP contribution >= 0.6 is 0 Å². The topological polar surface area (TPSA) is 54.3 Å². The van der Waals surface area contributed by atoms with Gasteiger partial charge in [0.05, 0.1) is 10.9 Å². The second kappa shape index (κ2) is 6.64. The van der Waals surface area contributed by atoms with Crippen molar-refractivity contribution < 1.29 is 8.42 Å². The third-order valence-electron chi connectivity index (χ3n) is 3.72. The molecule has 1 heterocycles. The van der Waals surface area contributed by atoms with E-state index < -0.39 is 10.0 Å². The third-order valence-corrected chi connectivity index (χ3v) is 5.14. The van der Waals surface area contributed by atoms with Crippen LogP contribution in [-0.4, -0.2) is 38.5 Å². The van der Waals surface area contributed by atoms with Crippen molar-refractivity contribution in [3.63, 3.8) is 0 Å². The van der Waals surface area contributed by atoms with Gasteiger partial charge in [0, 0.05) is 25.5 Å². The fraction of sp³-hybridized carbons (Fsp3) is 0.375. The van der Waals surface area contributed by atoms with E-state index in [4.69, 9.17) is 0 Å². The van der Waals surface area contributed by atoms with Gasteiger partial charge in [-0.1, -0.05) is 12.1 Å². The maximum Gasteiger partial charge on any atom is 0.240 e. The first kappa shape index (κ1) is 16.7. The first-order valence-electron chi connectivity index (χ1n) is 7.15. The summed E-state index contributed by atoms with van der Waals surface area (Å²) in [5.41, 5.74) is 1.99. The predicted molar refractivity (Wildman–Crippen MR) is 88.2 cm³/mol. The molecule has 1 aromatic heterocycles. The van der Waals surface area contributed by atoms with E-state index in [1.807, 2.05) is 61.9 Å². The highest BCUT2D eigenvalue weighted by atomic mass is 32.2. The normalized spacial score (nSPS) is 13.5. The second-order valence-electron chi connectivity index (χ2n) is 5.69. The Hall–Kier alpha value is -1.63. The van der Waals surface area contributed by atoms with Gasteiger partial charge in [0.25, 0.3) is 0 Å². The van der Waals surface area contributed by atoms with Gasteiger partial charge in [-0.05, 0) is 50.8 Å². The summed E-state index contributed by atoms with van der Waals surface area (Å²) in [5, 5.41) is 0. The Balaban J connectivity index is 2.18. The number of sulfonamides is 1. The first-order chi connectivity index (χ1) is 10.3. The van der Waals surface area contributed by atoms with Gasteiger partial charge < -0.3 is 4.57 Å². The lowest BCUT2D eigenvalue weighted by Crippen LogP contribution is -2.35. The van der Waals surface area contributed by atoms with Crippen molar-refractivity contribution in [2.75, 3.05) is 20.6 Å². The molecule has 6 heteroatoms. The van der Waals surface area contributed by atoms with E-state index in [-0.39, 0.29) is 6.04 Å². The third kappa shape index (κ3) is 3.76. The zero-order chi connectivity index (χ0) is 16.3. The summed E-state index contributed by atoms with van der Waals surface area (Å²) in [5.74, 6) is 0. The van der Waals surface area contributed by atoms with Gasteiger partial charge in [0.15, 0.2) is 0 Å². The molecule has 0 amide bonds.